The van der Waals surface area contributed by atoms with Crippen LogP contribution in [0.5, 0.6) is 0 Å². The van der Waals surface area contributed by atoms with E-state index in [1.165, 1.54) is 18.9 Å². The molecule has 0 saturated carbocycles. The molecule has 0 aromatic rings. The van der Waals surface area contributed by atoms with Gasteiger partial charge in [-0.25, -0.2) is 0 Å². The fourth-order valence-electron chi connectivity index (χ4n) is 2.12. The van der Waals surface area contributed by atoms with Crippen LogP contribution in [-0.4, -0.2) is 11.8 Å². The predicted octanol–water partition coefficient (Wildman–Crippen LogP) is 1.71. The zero-order valence-electron chi connectivity index (χ0n) is 8.66. The Labute approximate surface area is 89.2 Å². The molecule has 15 heavy (non-hydrogen) atoms. The van der Waals surface area contributed by atoms with Crippen LogP contribution in [0.1, 0.15) is 32.1 Å². The highest BCUT2D eigenvalue weighted by molar-refractivity contribution is 6.16. The van der Waals surface area contributed by atoms with Crippen LogP contribution in [0, 0.1) is 5.92 Å². The molecule has 1 N–H and O–H groups in total. The van der Waals surface area contributed by atoms with Crippen LogP contribution >= 0.6 is 0 Å². The number of carbonyl (C=O) groups excluding carboxylic acids is 2. The van der Waals surface area contributed by atoms with Crippen molar-refractivity contribution in [2.75, 3.05) is 0 Å². The number of nitrogens with one attached hydrogen (secondary N) is 1. The molecule has 3 nitrogen and oxygen atoms in total. The molecular weight excluding hydrogens is 190 g/mol. The molecule has 1 aliphatic carbocycles. The van der Waals surface area contributed by atoms with Gasteiger partial charge in [-0.15, -0.1) is 0 Å². The Morgan fingerprint density at radius 3 is 2.80 bits per heavy atom. The van der Waals surface area contributed by atoms with Crippen LogP contribution in [0.3, 0.4) is 0 Å². The first-order chi connectivity index (χ1) is 7.27. The Morgan fingerprint density at radius 1 is 1.20 bits per heavy atom. The van der Waals surface area contributed by atoms with Crippen LogP contribution in [0.25, 0.3) is 0 Å². The van der Waals surface area contributed by atoms with Gasteiger partial charge in [0.15, 0.2) is 0 Å². The first-order valence-electron chi connectivity index (χ1n) is 5.51. The van der Waals surface area contributed by atoms with Crippen LogP contribution in [0.4, 0.5) is 0 Å². The Hall–Kier alpha value is -1.38. The SMILES string of the molecule is O=C1C=C(C2/C=C/CCCCC2)C(=O)N1. The van der Waals surface area contributed by atoms with Crippen LogP contribution < -0.4 is 5.32 Å². The minimum Gasteiger partial charge on any atom is -0.289 e. The van der Waals surface area contributed by atoms with Crippen molar-refractivity contribution < 1.29 is 9.59 Å². The van der Waals surface area contributed by atoms with E-state index in [1.807, 2.05) is 0 Å². The number of allylic oxidation sites excluding steroid dienone is 2. The van der Waals surface area contributed by atoms with Gasteiger partial charge in [0.25, 0.3) is 11.8 Å². The first-order valence-corrected chi connectivity index (χ1v) is 5.51. The molecule has 0 radical (unpaired) electrons. The largest absolute Gasteiger partial charge is 0.289 e. The topological polar surface area (TPSA) is 46.2 Å². The van der Waals surface area contributed by atoms with Crippen LogP contribution in [-0.2, 0) is 9.59 Å². The Kier molecular flexibility index (Phi) is 2.99. The molecule has 1 heterocycles. The first kappa shape index (κ1) is 10.1. The third kappa shape index (κ3) is 2.35. The maximum atomic E-state index is 11.4. The van der Waals surface area contributed by atoms with Gasteiger partial charge in [-0.3, -0.25) is 14.9 Å². The maximum Gasteiger partial charge on any atom is 0.254 e. The molecule has 1 unspecified atom stereocenters. The number of rotatable bonds is 1. The second-order valence-electron chi connectivity index (χ2n) is 4.09. The highest BCUT2D eigenvalue weighted by Gasteiger charge is 2.26. The molecule has 80 valence electrons. The van der Waals surface area contributed by atoms with E-state index in [-0.39, 0.29) is 17.7 Å². The molecular formula is C12H15NO2. The number of hydrogen-bond acceptors (Lipinski definition) is 2. The molecule has 0 fully saturated rings. The molecule has 2 amide bonds. The van der Waals surface area contributed by atoms with Gasteiger partial charge in [0.2, 0.25) is 0 Å². The van der Waals surface area contributed by atoms with E-state index in [0.29, 0.717) is 5.57 Å². The summed E-state index contributed by atoms with van der Waals surface area (Å²) in [5.41, 5.74) is 0.637. The average Bonchev–Trinajstić information content (AvgIpc) is 2.45. The minimum atomic E-state index is -0.273. The fraction of sp³-hybridized carbons (Fsp3) is 0.500. The molecule has 0 aromatic carbocycles. The third-order valence-corrected chi connectivity index (χ3v) is 2.94. The van der Waals surface area contributed by atoms with Gasteiger partial charge in [-0.2, -0.15) is 0 Å². The van der Waals surface area contributed by atoms with Crippen molar-refractivity contribution in [1.82, 2.24) is 5.32 Å². The lowest BCUT2D eigenvalue weighted by Gasteiger charge is -2.14. The summed E-state index contributed by atoms with van der Waals surface area (Å²) in [6.07, 6.45) is 11.3. The Bertz CT molecular complexity index is 342. The molecule has 1 aliphatic heterocycles. The summed E-state index contributed by atoms with van der Waals surface area (Å²) in [5.74, 6) is -0.350. The van der Waals surface area contributed by atoms with Gasteiger partial charge < -0.3 is 0 Å². The molecule has 0 bridgehead atoms. The summed E-state index contributed by atoms with van der Waals surface area (Å²) in [6.45, 7) is 0. The number of hydrogen-bond donors (Lipinski definition) is 1. The Balaban J connectivity index is 2.14. The van der Waals surface area contributed by atoms with Crippen LogP contribution in [0.2, 0.25) is 0 Å². The van der Waals surface area contributed by atoms with Gasteiger partial charge in [-0.1, -0.05) is 25.0 Å². The molecule has 3 heteroatoms. The number of carbonyl (C=O) groups is 2. The van der Waals surface area contributed by atoms with E-state index < -0.39 is 0 Å². The third-order valence-electron chi connectivity index (χ3n) is 2.94. The van der Waals surface area contributed by atoms with Gasteiger partial charge in [-0.05, 0) is 19.3 Å². The lowest BCUT2D eigenvalue weighted by atomic mass is 9.90. The number of amides is 2. The summed E-state index contributed by atoms with van der Waals surface area (Å²) in [5, 5.41) is 2.30. The van der Waals surface area contributed by atoms with Crippen molar-refractivity contribution in [2.24, 2.45) is 5.92 Å². The monoisotopic (exact) mass is 205 g/mol. The molecule has 0 saturated heterocycles. The van der Waals surface area contributed by atoms with E-state index in [2.05, 4.69) is 17.5 Å². The molecule has 2 aliphatic rings. The molecule has 1 atom stereocenters. The van der Waals surface area contributed by atoms with Crippen molar-refractivity contribution in [3.63, 3.8) is 0 Å². The normalized spacial score (nSPS) is 29.1. The summed E-state index contributed by atoms with van der Waals surface area (Å²) in [6, 6.07) is 0. The minimum absolute atomic E-state index is 0.136. The predicted molar refractivity (Wildman–Crippen MR) is 56.9 cm³/mol. The van der Waals surface area contributed by atoms with E-state index in [4.69, 9.17) is 0 Å². The summed E-state index contributed by atoms with van der Waals surface area (Å²) < 4.78 is 0. The lowest BCUT2D eigenvalue weighted by molar-refractivity contribution is -0.124. The van der Waals surface area contributed by atoms with Crippen molar-refractivity contribution in [3.8, 4) is 0 Å². The molecule has 0 spiro atoms. The van der Waals surface area contributed by atoms with Crippen LogP contribution in [0.15, 0.2) is 23.8 Å². The standard InChI is InChI=1S/C12H15NO2/c14-11-8-10(12(15)13-11)9-6-4-2-1-3-5-7-9/h4,6,8-9H,1-3,5,7H2,(H,13,14,15)/b6-4+. The average molecular weight is 205 g/mol. The highest BCUT2D eigenvalue weighted by atomic mass is 16.2. The van der Waals surface area contributed by atoms with Crippen molar-refractivity contribution in [3.05, 3.63) is 23.8 Å². The van der Waals surface area contributed by atoms with Crippen molar-refractivity contribution in [2.45, 2.75) is 32.1 Å². The zero-order chi connectivity index (χ0) is 10.7. The van der Waals surface area contributed by atoms with E-state index in [1.54, 1.807) is 0 Å². The van der Waals surface area contributed by atoms with Crippen molar-refractivity contribution >= 4 is 11.8 Å². The molecule has 2 rings (SSSR count). The van der Waals surface area contributed by atoms with Gasteiger partial charge in [0.1, 0.15) is 0 Å². The smallest absolute Gasteiger partial charge is 0.254 e. The molecule has 0 aromatic heterocycles. The van der Waals surface area contributed by atoms with Gasteiger partial charge >= 0.3 is 0 Å². The maximum absolute atomic E-state index is 11.4. The van der Waals surface area contributed by atoms with Gasteiger partial charge in [0, 0.05) is 17.6 Å². The zero-order valence-corrected chi connectivity index (χ0v) is 8.66. The summed E-state index contributed by atoms with van der Waals surface area (Å²) in [4.78, 5) is 22.5. The van der Waals surface area contributed by atoms with Gasteiger partial charge in [0.05, 0.1) is 0 Å². The fourth-order valence-corrected chi connectivity index (χ4v) is 2.12. The second-order valence-corrected chi connectivity index (χ2v) is 4.09. The number of imide groups is 1. The Morgan fingerprint density at radius 2 is 2.07 bits per heavy atom. The van der Waals surface area contributed by atoms with Crippen molar-refractivity contribution in [1.29, 1.82) is 0 Å². The summed E-state index contributed by atoms with van der Waals surface area (Å²) >= 11 is 0. The summed E-state index contributed by atoms with van der Waals surface area (Å²) in [7, 11) is 0. The van der Waals surface area contributed by atoms with E-state index >= 15 is 0 Å². The van der Waals surface area contributed by atoms with E-state index in [9.17, 15) is 9.59 Å². The lowest BCUT2D eigenvalue weighted by Crippen LogP contribution is -2.24. The quantitative estimate of drug-likeness (QED) is 0.523. The second kappa shape index (κ2) is 4.43. The van der Waals surface area contributed by atoms with E-state index in [0.717, 1.165) is 19.3 Å². The highest BCUT2D eigenvalue weighted by Crippen LogP contribution is 2.25.